The fraction of sp³-hybridized carbons (Fsp3) is 0.100. The molecule has 0 atom stereocenters. The van der Waals surface area contributed by atoms with Crippen molar-refractivity contribution < 1.29 is 9.90 Å². The van der Waals surface area contributed by atoms with Crippen molar-refractivity contribution in [3.8, 4) is 10.6 Å². The Bertz CT molecular complexity index is 648. The maximum atomic E-state index is 11.2. The molecule has 0 bridgehead atoms. The average Bonchev–Trinajstić information content (AvgIpc) is 2.62. The van der Waals surface area contributed by atoms with Crippen LogP contribution in [0.3, 0.4) is 0 Å². The lowest BCUT2D eigenvalue weighted by atomic mass is 10.1. The van der Waals surface area contributed by atoms with E-state index in [9.17, 15) is 9.90 Å². The van der Waals surface area contributed by atoms with Gasteiger partial charge in [0.2, 0.25) is 0 Å². The molecule has 0 aliphatic rings. The van der Waals surface area contributed by atoms with Gasteiger partial charge in [-0.05, 0) is 41.1 Å². The van der Waals surface area contributed by atoms with Crippen molar-refractivity contribution >= 4 is 45.5 Å². The molecule has 2 aromatic heterocycles. The number of aromatic nitrogens is 2. The third-order valence-corrected chi connectivity index (χ3v) is 4.03. The van der Waals surface area contributed by atoms with Crippen LogP contribution in [0.4, 0.5) is 0 Å². The molecule has 0 spiro atoms. The van der Waals surface area contributed by atoms with Crippen molar-refractivity contribution in [2.75, 3.05) is 0 Å². The number of nitrogens with zero attached hydrogens (tertiary/aromatic N) is 1. The third-order valence-electron chi connectivity index (χ3n) is 2.13. The molecule has 88 valence electrons. The topological polar surface area (TPSA) is 66.0 Å². The summed E-state index contributed by atoms with van der Waals surface area (Å²) in [7, 11) is 0. The Balaban J connectivity index is 2.75. The summed E-state index contributed by atoms with van der Waals surface area (Å²) in [6.45, 7) is 1.67. The van der Waals surface area contributed by atoms with E-state index in [1.54, 1.807) is 6.92 Å². The zero-order valence-electron chi connectivity index (χ0n) is 8.65. The van der Waals surface area contributed by atoms with E-state index in [0.717, 1.165) is 9.35 Å². The van der Waals surface area contributed by atoms with Crippen molar-refractivity contribution in [1.82, 2.24) is 9.97 Å². The van der Waals surface area contributed by atoms with Crippen LogP contribution in [0.25, 0.3) is 10.6 Å². The molecule has 0 aliphatic carbocycles. The molecule has 0 amide bonds. The van der Waals surface area contributed by atoms with Crippen LogP contribution in [-0.2, 0) is 0 Å². The maximum absolute atomic E-state index is 11.2. The lowest BCUT2D eigenvalue weighted by Gasteiger charge is -2.05. The Morgan fingerprint density at radius 1 is 1.65 bits per heavy atom. The predicted octanol–water partition coefficient (Wildman–Crippen LogP) is 3.64. The molecular weight excluding hydrogens is 324 g/mol. The lowest BCUT2D eigenvalue weighted by Crippen LogP contribution is -2.06. The molecule has 0 unspecified atom stereocenters. The third kappa shape index (κ3) is 2.46. The van der Waals surface area contributed by atoms with Crippen LogP contribution in [0.5, 0.6) is 0 Å². The largest absolute Gasteiger partial charge is 0.478 e. The summed E-state index contributed by atoms with van der Waals surface area (Å²) in [4.78, 5) is 18.9. The summed E-state index contributed by atoms with van der Waals surface area (Å²) >= 11 is 9.72. The summed E-state index contributed by atoms with van der Waals surface area (Å²) in [5, 5.41) is 11.1. The number of thiophene rings is 1. The molecule has 0 aliphatic heterocycles. The van der Waals surface area contributed by atoms with Gasteiger partial charge in [0.25, 0.3) is 0 Å². The number of aromatic carboxylic acids is 1. The summed E-state index contributed by atoms with van der Waals surface area (Å²) in [5.41, 5.74) is 1.08. The minimum atomic E-state index is -1.01. The van der Waals surface area contributed by atoms with E-state index >= 15 is 0 Å². The van der Waals surface area contributed by atoms with Crippen LogP contribution in [-0.4, -0.2) is 21.0 Å². The number of H-pyrrole nitrogens is 1. The first-order valence-electron chi connectivity index (χ1n) is 4.57. The average molecular weight is 331 g/mol. The maximum Gasteiger partial charge on any atom is 0.339 e. The van der Waals surface area contributed by atoms with E-state index in [2.05, 4.69) is 25.9 Å². The Morgan fingerprint density at radius 2 is 2.35 bits per heavy atom. The second-order valence-electron chi connectivity index (χ2n) is 3.32. The van der Waals surface area contributed by atoms with Gasteiger partial charge in [-0.1, -0.05) is 0 Å². The van der Waals surface area contributed by atoms with E-state index in [1.165, 1.54) is 11.3 Å². The molecule has 17 heavy (non-hydrogen) atoms. The minimum absolute atomic E-state index is 0.160. The Morgan fingerprint density at radius 3 is 2.88 bits per heavy atom. The van der Waals surface area contributed by atoms with Gasteiger partial charge >= 0.3 is 5.97 Å². The van der Waals surface area contributed by atoms with Crippen molar-refractivity contribution in [3.63, 3.8) is 0 Å². The summed E-state index contributed by atoms with van der Waals surface area (Å²) in [6, 6.07) is 1.83. The van der Waals surface area contributed by atoms with Gasteiger partial charge in [-0.25, -0.2) is 9.78 Å². The molecule has 0 fully saturated rings. The van der Waals surface area contributed by atoms with Gasteiger partial charge < -0.3 is 10.1 Å². The number of carboxylic acids is 1. The van der Waals surface area contributed by atoms with Crippen LogP contribution in [0.15, 0.2) is 15.9 Å². The molecule has 2 N–H and O–H groups in total. The SMILES string of the molecule is Cc1[nH]c(=S)nc(-c2cc(Br)cs2)c1C(=O)O. The van der Waals surface area contributed by atoms with Crippen LogP contribution >= 0.6 is 39.5 Å². The van der Waals surface area contributed by atoms with Gasteiger partial charge in [0.15, 0.2) is 4.77 Å². The quantitative estimate of drug-likeness (QED) is 0.825. The second kappa shape index (κ2) is 4.67. The first-order chi connectivity index (χ1) is 7.99. The Labute approximate surface area is 114 Å². The highest BCUT2D eigenvalue weighted by atomic mass is 79.9. The van der Waals surface area contributed by atoms with Crippen LogP contribution in [0, 0.1) is 11.7 Å². The zero-order valence-corrected chi connectivity index (χ0v) is 11.9. The highest BCUT2D eigenvalue weighted by molar-refractivity contribution is 9.10. The fourth-order valence-electron chi connectivity index (χ4n) is 1.46. The van der Waals surface area contributed by atoms with E-state index in [1.807, 2.05) is 11.4 Å². The minimum Gasteiger partial charge on any atom is -0.478 e. The van der Waals surface area contributed by atoms with Crippen LogP contribution in [0.2, 0.25) is 0 Å². The molecule has 2 rings (SSSR count). The molecule has 2 aromatic rings. The zero-order chi connectivity index (χ0) is 12.6. The van der Waals surface area contributed by atoms with Crippen LogP contribution < -0.4 is 0 Å². The van der Waals surface area contributed by atoms with Gasteiger partial charge in [0, 0.05) is 15.5 Å². The molecule has 0 aromatic carbocycles. The van der Waals surface area contributed by atoms with Crippen LogP contribution in [0.1, 0.15) is 16.1 Å². The van der Waals surface area contributed by atoms with Gasteiger partial charge in [-0.3, -0.25) is 0 Å². The monoisotopic (exact) mass is 330 g/mol. The van der Waals surface area contributed by atoms with E-state index in [0.29, 0.717) is 11.4 Å². The van der Waals surface area contributed by atoms with Gasteiger partial charge in [0.1, 0.15) is 5.56 Å². The lowest BCUT2D eigenvalue weighted by molar-refractivity contribution is 0.0696. The summed E-state index contributed by atoms with van der Waals surface area (Å²) in [6.07, 6.45) is 0. The molecule has 0 saturated heterocycles. The van der Waals surface area contributed by atoms with Crippen molar-refractivity contribution in [3.05, 3.63) is 31.9 Å². The van der Waals surface area contributed by atoms with Crippen molar-refractivity contribution in [2.24, 2.45) is 0 Å². The number of nitrogens with one attached hydrogen (secondary N) is 1. The van der Waals surface area contributed by atoms with E-state index in [4.69, 9.17) is 12.2 Å². The number of carboxylic acid groups (broad SMARTS) is 1. The first kappa shape index (κ1) is 12.4. The highest BCUT2D eigenvalue weighted by Gasteiger charge is 2.18. The van der Waals surface area contributed by atoms with Gasteiger partial charge in [-0.15, -0.1) is 11.3 Å². The number of aromatic amines is 1. The number of hydrogen-bond acceptors (Lipinski definition) is 4. The molecule has 0 saturated carbocycles. The smallest absolute Gasteiger partial charge is 0.339 e. The normalized spacial score (nSPS) is 10.5. The fourth-order valence-corrected chi connectivity index (χ4v) is 3.13. The van der Waals surface area contributed by atoms with Gasteiger partial charge in [-0.2, -0.15) is 0 Å². The molecule has 0 radical (unpaired) electrons. The number of carbonyl (C=O) groups is 1. The number of halogens is 1. The van der Waals surface area contributed by atoms with Gasteiger partial charge in [0.05, 0.1) is 10.6 Å². The Hall–Kier alpha value is -1.05. The Kier molecular flexibility index (Phi) is 3.41. The number of rotatable bonds is 2. The summed E-state index contributed by atoms with van der Waals surface area (Å²) < 4.78 is 1.18. The molecule has 4 nitrogen and oxygen atoms in total. The highest BCUT2D eigenvalue weighted by Crippen LogP contribution is 2.31. The van der Waals surface area contributed by atoms with E-state index < -0.39 is 5.97 Å². The second-order valence-corrected chi connectivity index (χ2v) is 5.54. The molecular formula is C10H7BrN2O2S2. The summed E-state index contributed by atoms with van der Waals surface area (Å²) in [5.74, 6) is -1.01. The number of hydrogen-bond donors (Lipinski definition) is 2. The van der Waals surface area contributed by atoms with Crippen molar-refractivity contribution in [2.45, 2.75) is 6.92 Å². The first-order valence-corrected chi connectivity index (χ1v) is 6.65. The molecule has 2 heterocycles. The predicted molar refractivity (Wildman–Crippen MR) is 72.1 cm³/mol. The van der Waals surface area contributed by atoms with E-state index in [-0.39, 0.29) is 10.3 Å². The standard InChI is InChI=1S/C10H7BrN2O2S2/c1-4-7(9(14)15)8(13-10(16)12-4)6-2-5(11)3-17-6/h2-3H,1H3,(H,14,15)(H,12,13,16). The number of aryl methyl sites for hydroxylation is 1. The van der Waals surface area contributed by atoms with Crippen molar-refractivity contribution in [1.29, 1.82) is 0 Å². The molecule has 7 heteroatoms.